The summed E-state index contributed by atoms with van der Waals surface area (Å²) in [5.41, 5.74) is 4.48. The number of oxazole rings is 1. The minimum atomic E-state index is -1.12. The van der Waals surface area contributed by atoms with Gasteiger partial charge < -0.3 is 39.2 Å². The van der Waals surface area contributed by atoms with Crippen molar-refractivity contribution in [1.29, 1.82) is 0 Å². The lowest BCUT2D eigenvalue weighted by atomic mass is 10.0. The van der Waals surface area contributed by atoms with Crippen molar-refractivity contribution in [3.8, 4) is 0 Å². The molecule has 0 spiro atoms. The number of nitrogens with one attached hydrogen (secondary N) is 1. The second kappa shape index (κ2) is 16.8. The number of carbonyl (C=O) groups excluding carboxylic acids is 4. The zero-order valence-corrected chi connectivity index (χ0v) is 32.1. The second-order valence-electron chi connectivity index (χ2n) is 15.4. The van der Waals surface area contributed by atoms with Crippen LogP contribution < -0.4 is 11.1 Å². The molecule has 7 rings (SSSR count). The molecule has 5 amide bonds. The first kappa shape index (κ1) is 38.9. The summed E-state index contributed by atoms with van der Waals surface area (Å²) in [5, 5.41) is 12.0. The lowest BCUT2D eigenvalue weighted by molar-refractivity contribution is -0.143. The highest BCUT2D eigenvalue weighted by atomic mass is 16.6. The number of carboxylic acid groups (broad SMARTS) is 1. The van der Waals surface area contributed by atoms with Crippen molar-refractivity contribution < 1.29 is 38.2 Å². The van der Waals surface area contributed by atoms with Crippen molar-refractivity contribution in [3.63, 3.8) is 0 Å². The number of piperidine rings is 2. The normalized spacial score (nSPS) is 19.4. The van der Waals surface area contributed by atoms with E-state index >= 15 is 0 Å². The number of aromatic nitrogens is 1. The molecular weight excluding hydrogens is 722 g/mol. The third-order valence-electron chi connectivity index (χ3n) is 11.9. The number of hydrogen-bond acceptors (Lipinski definition) is 9. The van der Waals surface area contributed by atoms with Gasteiger partial charge in [0.25, 0.3) is 5.91 Å². The number of aryl methyl sites for hydroxylation is 2. The van der Waals surface area contributed by atoms with Gasteiger partial charge in [0.15, 0.2) is 11.7 Å². The molecule has 1 atom stereocenters. The Labute approximate surface area is 324 Å². The first-order valence-corrected chi connectivity index (χ1v) is 19.7. The Morgan fingerprint density at radius 2 is 1.54 bits per heavy atom. The fraction of sp³-hybridized carbons (Fsp3) is 0.550. The predicted octanol–water partition coefficient (Wildman–Crippen LogP) is 3.04. The standard InChI is InChI=1S/C40H51N7O9/c1-26-23-27(24-32-36(26)42(2)39(53)55-32)25-33(37(51)45-21-19-43(20-22-45)29-10-14-44(15-11-29)34(48)7-8-35(49)50)56-40(54)46-16-12-30(13-17-46)47-18-9-28-5-3-4-6-31(28)41-38(47)52/h3-6,23-24,29-30,33H,7-22,25H2,1-2H3,(H,41,52)(H,49,50)/t33-/m1/s1. The van der Waals surface area contributed by atoms with Gasteiger partial charge in [-0.1, -0.05) is 24.3 Å². The fourth-order valence-corrected chi connectivity index (χ4v) is 8.75. The van der Waals surface area contributed by atoms with Gasteiger partial charge in [-0.2, -0.15) is 0 Å². The average Bonchev–Trinajstić information content (AvgIpc) is 3.38. The van der Waals surface area contributed by atoms with E-state index in [0.717, 1.165) is 36.1 Å². The molecule has 4 aliphatic heterocycles. The molecule has 2 aromatic carbocycles. The predicted molar refractivity (Wildman–Crippen MR) is 205 cm³/mol. The Balaban J connectivity index is 0.983. The van der Waals surface area contributed by atoms with E-state index < -0.39 is 23.9 Å². The Morgan fingerprint density at radius 1 is 0.857 bits per heavy atom. The maximum Gasteiger partial charge on any atom is 0.419 e. The van der Waals surface area contributed by atoms with Crippen molar-refractivity contribution in [3.05, 3.63) is 63.6 Å². The smallest absolute Gasteiger partial charge is 0.419 e. The molecule has 0 aliphatic carbocycles. The molecule has 3 aromatic rings. The highest BCUT2D eigenvalue weighted by molar-refractivity contribution is 5.91. The van der Waals surface area contributed by atoms with E-state index in [0.29, 0.717) is 88.4 Å². The maximum absolute atomic E-state index is 14.3. The largest absolute Gasteiger partial charge is 0.481 e. The van der Waals surface area contributed by atoms with Crippen molar-refractivity contribution >= 4 is 46.7 Å². The van der Waals surface area contributed by atoms with Gasteiger partial charge in [0.2, 0.25) is 5.91 Å². The summed E-state index contributed by atoms with van der Waals surface area (Å²) in [5.74, 6) is -1.89. The summed E-state index contributed by atoms with van der Waals surface area (Å²) >= 11 is 0. The monoisotopic (exact) mass is 773 g/mol. The van der Waals surface area contributed by atoms with Crippen LogP contribution in [-0.4, -0.2) is 141 Å². The van der Waals surface area contributed by atoms with E-state index in [2.05, 4.69) is 10.2 Å². The lowest BCUT2D eigenvalue weighted by Gasteiger charge is -2.43. The second-order valence-corrected chi connectivity index (χ2v) is 15.4. The summed E-state index contributed by atoms with van der Waals surface area (Å²) in [6.45, 7) is 6.51. The Morgan fingerprint density at radius 3 is 2.25 bits per heavy atom. The highest BCUT2D eigenvalue weighted by Crippen LogP contribution is 2.27. The van der Waals surface area contributed by atoms with Gasteiger partial charge >= 0.3 is 23.8 Å². The van der Waals surface area contributed by atoms with E-state index in [1.165, 1.54) is 4.57 Å². The van der Waals surface area contributed by atoms with Gasteiger partial charge in [-0.25, -0.2) is 14.4 Å². The quantitative estimate of drug-likeness (QED) is 0.329. The molecule has 1 aromatic heterocycles. The minimum Gasteiger partial charge on any atom is -0.481 e. The number of fused-ring (bicyclic) bond motifs is 2. The SMILES string of the molecule is Cc1cc(C[C@@H](OC(=O)N2CCC(N3CCc4ccccc4NC3=O)CC2)C(=O)N2CCN(C3CCN(C(=O)CCC(=O)O)CC3)CC2)cc2oc(=O)n(C)c12. The van der Waals surface area contributed by atoms with Crippen LogP contribution in [0.15, 0.2) is 45.6 Å². The topological polar surface area (TPSA) is 178 Å². The van der Waals surface area contributed by atoms with Gasteiger partial charge in [0.05, 0.1) is 11.9 Å². The summed E-state index contributed by atoms with van der Waals surface area (Å²) < 4.78 is 13.0. The summed E-state index contributed by atoms with van der Waals surface area (Å²) in [6.07, 6.45) is 1.68. The molecule has 0 radical (unpaired) electrons. The van der Waals surface area contributed by atoms with Crippen LogP contribution in [0.4, 0.5) is 15.3 Å². The number of benzene rings is 2. The third kappa shape index (κ3) is 8.54. The molecule has 5 heterocycles. The van der Waals surface area contributed by atoms with E-state index in [1.807, 2.05) is 42.2 Å². The number of aliphatic carboxylic acids is 1. The number of urea groups is 1. The van der Waals surface area contributed by atoms with E-state index in [9.17, 15) is 28.8 Å². The zero-order chi connectivity index (χ0) is 39.5. The highest BCUT2D eigenvalue weighted by Gasteiger charge is 2.37. The Bertz CT molecular complexity index is 2020. The van der Waals surface area contributed by atoms with Crippen LogP contribution in [0.1, 0.15) is 55.2 Å². The number of carbonyl (C=O) groups is 5. The number of anilines is 1. The number of para-hydroxylation sites is 1. The van der Waals surface area contributed by atoms with Crippen LogP contribution in [0.25, 0.3) is 11.1 Å². The van der Waals surface area contributed by atoms with Gasteiger partial charge in [-0.05, 0) is 67.9 Å². The van der Waals surface area contributed by atoms with Gasteiger partial charge in [0.1, 0.15) is 0 Å². The first-order valence-electron chi connectivity index (χ1n) is 19.7. The number of amides is 5. The van der Waals surface area contributed by atoms with Crippen molar-refractivity contribution in [2.45, 2.75) is 76.5 Å². The average molecular weight is 774 g/mol. The third-order valence-corrected chi connectivity index (χ3v) is 11.9. The zero-order valence-electron chi connectivity index (χ0n) is 32.1. The molecule has 300 valence electrons. The Hall–Kier alpha value is -5.38. The molecule has 3 fully saturated rings. The number of nitrogens with zero attached hydrogens (tertiary/aromatic N) is 6. The summed E-state index contributed by atoms with van der Waals surface area (Å²) in [7, 11) is 1.64. The number of likely N-dealkylation sites (tertiary alicyclic amines) is 2. The van der Waals surface area contributed by atoms with E-state index in [-0.39, 0.29) is 49.2 Å². The fourth-order valence-electron chi connectivity index (χ4n) is 8.75. The van der Waals surface area contributed by atoms with Gasteiger partial charge in [0, 0.05) is 96.6 Å². The van der Waals surface area contributed by atoms with E-state index in [1.54, 1.807) is 27.8 Å². The van der Waals surface area contributed by atoms with Gasteiger partial charge in [-0.3, -0.25) is 23.9 Å². The molecular formula is C40H51N7O9. The van der Waals surface area contributed by atoms with Crippen LogP contribution >= 0.6 is 0 Å². The van der Waals surface area contributed by atoms with E-state index in [4.69, 9.17) is 14.3 Å². The van der Waals surface area contributed by atoms with Crippen LogP contribution in [0, 0.1) is 6.92 Å². The molecule has 16 nitrogen and oxygen atoms in total. The number of rotatable bonds is 9. The van der Waals surface area contributed by atoms with Crippen LogP contribution in [0.2, 0.25) is 0 Å². The van der Waals surface area contributed by atoms with Crippen LogP contribution in [0.5, 0.6) is 0 Å². The first-order chi connectivity index (χ1) is 26.9. The number of ether oxygens (including phenoxy) is 1. The number of hydrogen-bond donors (Lipinski definition) is 2. The molecule has 3 saturated heterocycles. The number of piperazine rings is 1. The summed E-state index contributed by atoms with van der Waals surface area (Å²) in [4.78, 5) is 86.1. The van der Waals surface area contributed by atoms with Crippen molar-refractivity contribution in [1.82, 2.24) is 29.1 Å². The molecule has 0 saturated carbocycles. The number of carboxylic acids is 1. The van der Waals surface area contributed by atoms with Crippen LogP contribution in [-0.2, 0) is 39.0 Å². The molecule has 16 heteroatoms. The van der Waals surface area contributed by atoms with Gasteiger partial charge in [-0.15, -0.1) is 0 Å². The lowest BCUT2D eigenvalue weighted by Crippen LogP contribution is -2.57. The van der Waals surface area contributed by atoms with Crippen molar-refractivity contribution in [2.24, 2.45) is 7.05 Å². The van der Waals surface area contributed by atoms with Crippen molar-refractivity contribution in [2.75, 3.05) is 64.2 Å². The summed E-state index contributed by atoms with van der Waals surface area (Å²) in [6, 6.07) is 11.5. The van der Waals surface area contributed by atoms with Crippen LogP contribution in [0.3, 0.4) is 0 Å². The Kier molecular flexibility index (Phi) is 11.6. The molecule has 0 bridgehead atoms. The molecule has 2 N–H and O–H groups in total. The maximum atomic E-state index is 14.3. The molecule has 0 unspecified atom stereocenters. The minimum absolute atomic E-state index is 0.00496. The molecule has 4 aliphatic rings. The molecule has 56 heavy (non-hydrogen) atoms.